The molecule has 0 spiro atoms. The molecule has 11 nitrogen and oxygen atoms in total. The number of piperidine rings is 1. The topological polar surface area (TPSA) is 159 Å². The molecular weight excluding hydrogens is 579 g/mol. The van der Waals surface area contributed by atoms with Gasteiger partial charge in [0.1, 0.15) is 0 Å². The summed E-state index contributed by atoms with van der Waals surface area (Å²) in [4.78, 5) is 25.2. The maximum absolute atomic E-state index is 10.6. The standard InChI is InChI=1S/C28H33N7O2.C2HF3O2/c1-37-25-17-19(9-10-24(25)36)11-14-30-26-32-27(34-28(33-26)35-15-12-22(29)13-16-35)31-18-21-7-4-6-20-5-2-3-8-23(20)21;3-2(4,5)1(6)7/h2-10,17,22,36H,11-16,18,29H2,1H3,(H2,30,31,32,33,34);(H,6,7). The highest BCUT2D eigenvalue weighted by molar-refractivity contribution is 5.85. The number of anilines is 3. The Hall–Kier alpha value is -4.85. The number of hydrogen-bond donors (Lipinski definition) is 5. The largest absolute Gasteiger partial charge is 0.504 e. The minimum atomic E-state index is -5.08. The fraction of sp³-hybridized carbons (Fsp3) is 0.333. The zero-order valence-corrected chi connectivity index (χ0v) is 24.0. The fourth-order valence-electron chi connectivity index (χ4n) is 4.58. The second-order valence-corrected chi connectivity index (χ2v) is 10.1. The molecule has 0 unspecified atom stereocenters. The van der Waals surface area contributed by atoms with Crippen molar-refractivity contribution in [2.75, 3.05) is 42.3 Å². The van der Waals surface area contributed by atoms with Crippen LogP contribution in [-0.2, 0) is 17.8 Å². The highest BCUT2D eigenvalue weighted by Gasteiger charge is 2.38. The van der Waals surface area contributed by atoms with E-state index in [1.807, 2.05) is 12.1 Å². The maximum atomic E-state index is 10.6. The molecule has 44 heavy (non-hydrogen) atoms. The molecule has 14 heteroatoms. The molecule has 1 saturated heterocycles. The quantitative estimate of drug-likeness (QED) is 0.180. The Morgan fingerprint density at radius 1 is 1.02 bits per heavy atom. The summed E-state index contributed by atoms with van der Waals surface area (Å²) in [6.45, 7) is 2.86. The summed E-state index contributed by atoms with van der Waals surface area (Å²) in [5.41, 5.74) is 8.33. The molecule has 1 aliphatic rings. The van der Waals surface area contributed by atoms with Crippen LogP contribution < -0.4 is 26.0 Å². The zero-order valence-electron chi connectivity index (χ0n) is 24.0. The van der Waals surface area contributed by atoms with Crippen LogP contribution in [-0.4, -0.2) is 70.1 Å². The Kier molecular flexibility index (Phi) is 10.6. The molecule has 6 N–H and O–H groups in total. The van der Waals surface area contributed by atoms with Crippen LogP contribution in [0.1, 0.15) is 24.0 Å². The number of aliphatic carboxylic acids is 1. The molecule has 0 atom stereocenters. The minimum Gasteiger partial charge on any atom is -0.504 e. The number of rotatable bonds is 9. The van der Waals surface area contributed by atoms with E-state index in [2.05, 4.69) is 63.0 Å². The van der Waals surface area contributed by atoms with Crippen molar-refractivity contribution in [2.24, 2.45) is 5.73 Å². The number of phenols is 1. The first-order valence-corrected chi connectivity index (χ1v) is 13.9. The Morgan fingerprint density at radius 3 is 2.36 bits per heavy atom. The van der Waals surface area contributed by atoms with Crippen LogP contribution in [0.2, 0.25) is 0 Å². The van der Waals surface area contributed by atoms with E-state index < -0.39 is 12.1 Å². The Morgan fingerprint density at radius 2 is 1.68 bits per heavy atom. The predicted octanol–water partition coefficient (Wildman–Crippen LogP) is 4.57. The van der Waals surface area contributed by atoms with E-state index in [1.54, 1.807) is 13.2 Å². The van der Waals surface area contributed by atoms with Gasteiger partial charge in [-0.2, -0.15) is 28.1 Å². The average molecular weight is 614 g/mol. The second kappa shape index (κ2) is 14.6. The number of nitrogens with two attached hydrogens (primary N) is 1. The third-order valence-corrected chi connectivity index (χ3v) is 6.95. The monoisotopic (exact) mass is 613 g/mol. The highest BCUT2D eigenvalue weighted by atomic mass is 19.4. The zero-order chi connectivity index (χ0) is 31.7. The van der Waals surface area contributed by atoms with Gasteiger partial charge in [-0.3, -0.25) is 0 Å². The lowest BCUT2D eigenvalue weighted by Crippen LogP contribution is -2.40. The number of aromatic hydroxyl groups is 1. The van der Waals surface area contributed by atoms with Gasteiger partial charge in [-0.15, -0.1) is 0 Å². The highest BCUT2D eigenvalue weighted by Crippen LogP contribution is 2.27. The molecule has 1 aromatic heterocycles. The number of carbonyl (C=O) groups is 1. The van der Waals surface area contributed by atoms with Crippen LogP contribution in [0, 0.1) is 0 Å². The van der Waals surface area contributed by atoms with Gasteiger partial charge in [0.15, 0.2) is 11.5 Å². The van der Waals surface area contributed by atoms with Gasteiger partial charge in [-0.1, -0.05) is 48.5 Å². The average Bonchev–Trinajstić information content (AvgIpc) is 3.01. The molecule has 0 amide bonds. The molecule has 0 aliphatic carbocycles. The van der Waals surface area contributed by atoms with Crippen LogP contribution >= 0.6 is 0 Å². The van der Waals surface area contributed by atoms with Crippen molar-refractivity contribution >= 4 is 34.6 Å². The van der Waals surface area contributed by atoms with E-state index >= 15 is 0 Å². The molecule has 0 bridgehead atoms. The van der Waals surface area contributed by atoms with Crippen LogP contribution in [0.5, 0.6) is 11.5 Å². The summed E-state index contributed by atoms with van der Waals surface area (Å²) >= 11 is 0. The number of alkyl halides is 3. The van der Waals surface area contributed by atoms with Crippen molar-refractivity contribution in [3.63, 3.8) is 0 Å². The number of benzene rings is 3. The lowest BCUT2D eigenvalue weighted by molar-refractivity contribution is -0.192. The number of hydrogen-bond acceptors (Lipinski definition) is 10. The molecule has 3 aromatic carbocycles. The summed E-state index contributed by atoms with van der Waals surface area (Å²) < 4.78 is 37.0. The van der Waals surface area contributed by atoms with Crippen LogP contribution in [0.4, 0.5) is 31.0 Å². The number of methoxy groups -OCH3 is 1. The maximum Gasteiger partial charge on any atom is 0.490 e. The van der Waals surface area contributed by atoms with Crippen molar-refractivity contribution < 1.29 is 32.9 Å². The molecule has 234 valence electrons. The number of halogens is 3. The fourth-order valence-corrected chi connectivity index (χ4v) is 4.58. The smallest absolute Gasteiger partial charge is 0.490 e. The van der Waals surface area contributed by atoms with Gasteiger partial charge in [0.05, 0.1) is 7.11 Å². The van der Waals surface area contributed by atoms with Crippen LogP contribution in [0.15, 0.2) is 60.7 Å². The summed E-state index contributed by atoms with van der Waals surface area (Å²) in [7, 11) is 1.55. The number of ether oxygens (including phenoxy) is 1. The number of fused-ring (bicyclic) bond motifs is 1. The molecule has 1 fully saturated rings. The van der Waals surface area contributed by atoms with Crippen molar-refractivity contribution in [3.8, 4) is 11.5 Å². The van der Waals surface area contributed by atoms with Crippen LogP contribution in [0.3, 0.4) is 0 Å². The van der Waals surface area contributed by atoms with Crippen molar-refractivity contribution in [3.05, 3.63) is 71.8 Å². The first-order valence-electron chi connectivity index (χ1n) is 13.9. The Balaban J connectivity index is 0.000000566. The predicted molar refractivity (Wildman–Crippen MR) is 161 cm³/mol. The Labute approximate surface area is 251 Å². The van der Waals surface area contributed by atoms with Crippen molar-refractivity contribution in [1.29, 1.82) is 0 Å². The molecule has 0 saturated carbocycles. The van der Waals surface area contributed by atoms with Gasteiger partial charge in [-0.05, 0) is 53.3 Å². The van der Waals surface area contributed by atoms with E-state index in [0.29, 0.717) is 36.7 Å². The molecule has 0 radical (unpaired) electrons. The van der Waals surface area contributed by atoms with Gasteiger partial charge in [-0.25, -0.2) is 4.79 Å². The lowest BCUT2D eigenvalue weighted by atomic mass is 10.0. The van der Waals surface area contributed by atoms with Crippen molar-refractivity contribution in [2.45, 2.75) is 38.0 Å². The molecule has 4 aromatic rings. The van der Waals surface area contributed by atoms with Gasteiger partial charge < -0.3 is 36.2 Å². The molecule has 1 aliphatic heterocycles. The number of carboxylic acid groups (broad SMARTS) is 1. The molecular formula is C30H34F3N7O4. The third-order valence-electron chi connectivity index (χ3n) is 6.95. The summed E-state index contributed by atoms with van der Waals surface area (Å²) in [6, 6.07) is 20.2. The Bertz CT molecular complexity index is 1560. The van der Waals surface area contributed by atoms with Gasteiger partial charge in [0, 0.05) is 32.2 Å². The molecule has 5 rings (SSSR count). The van der Waals surface area contributed by atoms with Gasteiger partial charge in [0.2, 0.25) is 17.8 Å². The summed E-state index contributed by atoms with van der Waals surface area (Å²) in [6.07, 6.45) is -2.54. The van der Waals surface area contributed by atoms with Gasteiger partial charge >= 0.3 is 12.1 Å². The van der Waals surface area contributed by atoms with E-state index in [0.717, 1.165) is 37.9 Å². The first-order chi connectivity index (χ1) is 21.0. The first kappa shape index (κ1) is 32.1. The number of carboxylic acids is 1. The van der Waals surface area contributed by atoms with E-state index in [1.165, 1.54) is 16.3 Å². The SMILES string of the molecule is COc1cc(CCNc2nc(NCc3cccc4ccccc34)nc(N3CCC(N)CC3)n2)ccc1O.O=C(O)C(F)(F)F. The van der Waals surface area contributed by atoms with Gasteiger partial charge in [0.25, 0.3) is 0 Å². The number of nitrogens with zero attached hydrogens (tertiary/aromatic N) is 4. The minimum absolute atomic E-state index is 0.129. The van der Waals surface area contributed by atoms with E-state index in [4.69, 9.17) is 30.3 Å². The second-order valence-electron chi connectivity index (χ2n) is 10.1. The number of phenolic OH excluding ortho intramolecular Hbond substituents is 1. The molecule has 2 heterocycles. The summed E-state index contributed by atoms with van der Waals surface area (Å²) in [5.74, 6) is -0.469. The van der Waals surface area contributed by atoms with Crippen LogP contribution in [0.25, 0.3) is 10.8 Å². The van der Waals surface area contributed by atoms with Crippen molar-refractivity contribution in [1.82, 2.24) is 15.0 Å². The summed E-state index contributed by atoms with van der Waals surface area (Å²) in [5, 5.41) is 26.1. The third kappa shape index (κ3) is 8.83. The lowest BCUT2D eigenvalue weighted by Gasteiger charge is -2.30. The number of nitrogens with one attached hydrogen (secondary N) is 2. The normalized spacial score (nSPS) is 13.6. The van der Waals surface area contributed by atoms with E-state index in [9.17, 15) is 18.3 Å². The number of aromatic nitrogens is 3. The van der Waals surface area contributed by atoms with E-state index in [-0.39, 0.29) is 11.8 Å².